The summed E-state index contributed by atoms with van der Waals surface area (Å²) >= 11 is 0. The zero-order valence-electron chi connectivity index (χ0n) is 8.16. The number of nitrogens with zero attached hydrogens (tertiary/aromatic N) is 4. The summed E-state index contributed by atoms with van der Waals surface area (Å²) in [6.07, 6.45) is 3.05. The highest BCUT2D eigenvalue weighted by atomic mass is 16.2. The van der Waals surface area contributed by atoms with E-state index in [1.165, 1.54) is 24.5 Å². The van der Waals surface area contributed by atoms with E-state index in [4.69, 9.17) is 5.73 Å². The zero-order chi connectivity index (χ0) is 11.4. The SMILES string of the molecule is Nc1ccc(C(=O)Nc2ncccn2)nn1. The third kappa shape index (κ3) is 2.27. The van der Waals surface area contributed by atoms with Gasteiger partial charge in [-0.15, -0.1) is 10.2 Å². The number of nitrogens with two attached hydrogens (primary N) is 1. The van der Waals surface area contributed by atoms with Crippen LogP contribution in [0.5, 0.6) is 0 Å². The van der Waals surface area contributed by atoms with Gasteiger partial charge in [-0.1, -0.05) is 0 Å². The highest BCUT2D eigenvalue weighted by Gasteiger charge is 2.08. The van der Waals surface area contributed by atoms with Crippen LogP contribution in [0.3, 0.4) is 0 Å². The monoisotopic (exact) mass is 216 g/mol. The minimum atomic E-state index is -0.432. The van der Waals surface area contributed by atoms with E-state index in [1.54, 1.807) is 6.07 Å². The summed E-state index contributed by atoms with van der Waals surface area (Å²) in [5, 5.41) is 9.67. The van der Waals surface area contributed by atoms with Gasteiger partial charge in [0, 0.05) is 12.4 Å². The molecular weight excluding hydrogens is 208 g/mol. The lowest BCUT2D eigenvalue weighted by Gasteiger charge is -2.01. The van der Waals surface area contributed by atoms with E-state index in [9.17, 15) is 4.79 Å². The number of aromatic nitrogens is 4. The molecule has 16 heavy (non-hydrogen) atoms. The predicted octanol–water partition coefficient (Wildman–Crippen LogP) is 0.101. The fraction of sp³-hybridized carbons (Fsp3) is 0. The molecule has 0 radical (unpaired) electrons. The fourth-order valence-corrected chi connectivity index (χ4v) is 0.993. The Morgan fingerprint density at radius 3 is 2.56 bits per heavy atom. The minimum Gasteiger partial charge on any atom is -0.382 e. The Labute approximate surface area is 90.8 Å². The Morgan fingerprint density at radius 1 is 1.19 bits per heavy atom. The van der Waals surface area contributed by atoms with Crippen LogP contribution in [0.15, 0.2) is 30.6 Å². The van der Waals surface area contributed by atoms with Crippen molar-refractivity contribution >= 4 is 17.7 Å². The molecule has 7 nitrogen and oxygen atoms in total. The maximum Gasteiger partial charge on any atom is 0.278 e. The predicted molar refractivity (Wildman–Crippen MR) is 56.4 cm³/mol. The summed E-state index contributed by atoms with van der Waals surface area (Å²) < 4.78 is 0. The molecule has 0 aliphatic heterocycles. The molecule has 3 N–H and O–H groups in total. The van der Waals surface area contributed by atoms with Crippen LogP contribution in [0.1, 0.15) is 10.5 Å². The second-order valence-electron chi connectivity index (χ2n) is 2.87. The standard InChI is InChI=1S/C9H8N6O/c10-7-3-2-6(14-15-7)8(16)13-9-11-4-1-5-12-9/h1-5H,(H2,10,15)(H,11,12,13,16). The van der Waals surface area contributed by atoms with Crippen LogP contribution in [-0.4, -0.2) is 26.1 Å². The second kappa shape index (κ2) is 4.30. The highest BCUT2D eigenvalue weighted by molar-refractivity contribution is 6.01. The van der Waals surface area contributed by atoms with Crippen LogP contribution < -0.4 is 11.1 Å². The maximum absolute atomic E-state index is 11.6. The van der Waals surface area contributed by atoms with Crippen LogP contribution >= 0.6 is 0 Å². The molecular formula is C9H8N6O. The molecule has 2 aromatic rings. The third-order valence-corrected chi connectivity index (χ3v) is 1.71. The van der Waals surface area contributed by atoms with E-state index < -0.39 is 5.91 Å². The van der Waals surface area contributed by atoms with Gasteiger partial charge in [0.1, 0.15) is 5.82 Å². The molecule has 0 bridgehead atoms. The van der Waals surface area contributed by atoms with Gasteiger partial charge in [0.05, 0.1) is 0 Å². The molecule has 0 aliphatic carbocycles. The summed E-state index contributed by atoms with van der Waals surface area (Å²) in [5.74, 6) is 0.0392. The highest BCUT2D eigenvalue weighted by Crippen LogP contribution is 2.01. The van der Waals surface area contributed by atoms with Gasteiger partial charge in [0.25, 0.3) is 5.91 Å². The number of carbonyl (C=O) groups is 1. The third-order valence-electron chi connectivity index (χ3n) is 1.71. The molecule has 0 saturated carbocycles. The average molecular weight is 216 g/mol. The number of rotatable bonds is 2. The quantitative estimate of drug-likeness (QED) is 0.737. The molecule has 0 atom stereocenters. The van der Waals surface area contributed by atoms with Crippen molar-refractivity contribution in [3.63, 3.8) is 0 Å². The van der Waals surface area contributed by atoms with Crippen LogP contribution in [0, 0.1) is 0 Å². The lowest BCUT2D eigenvalue weighted by atomic mass is 10.3. The first kappa shape index (κ1) is 9.97. The second-order valence-corrected chi connectivity index (χ2v) is 2.87. The summed E-state index contributed by atoms with van der Waals surface area (Å²) in [7, 11) is 0. The topological polar surface area (TPSA) is 107 Å². The van der Waals surface area contributed by atoms with E-state index in [0.29, 0.717) is 0 Å². The van der Waals surface area contributed by atoms with E-state index >= 15 is 0 Å². The van der Waals surface area contributed by atoms with Gasteiger partial charge in [0.15, 0.2) is 5.69 Å². The van der Waals surface area contributed by atoms with Gasteiger partial charge in [-0.2, -0.15) is 0 Å². The zero-order valence-corrected chi connectivity index (χ0v) is 8.16. The largest absolute Gasteiger partial charge is 0.382 e. The molecule has 0 spiro atoms. The van der Waals surface area contributed by atoms with Gasteiger partial charge in [-0.25, -0.2) is 9.97 Å². The van der Waals surface area contributed by atoms with Gasteiger partial charge in [-0.3, -0.25) is 10.1 Å². The van der Waals surface area contributed by atoms with Crippen molar-refractivity contribution in [1.29, 1.82) is 0 Å². The molecule has 2 aromatic heterocycles. The van der Waals surface area contributed by atoms with E-state index in [1.807, 2.05) is 0 Å². The number of hydrogen-bond acceptors (Lipinski definition) is 6. The van der Waals surface area contributed by atoms with Crippen molar-refractivity contribution in [2.24, 2.45) is 0 Å². The first-order chi connectivity index (χ1) is 7.75. The molecule has 0 fully saturated rings. The maximum atomic E-state index is 11.6. The van der Waals surface area contributed by atoms with Crippen molar-refractivity contribution in [2.75, 3.05) is 11.1 Å². The average Bonchev–Trinajstić information content (AvgIpc) is 2.31. The minimum absolute atomic E-state index is 0.154. The molecule has 80 valence electrons. The van der Waals surface area contributed by atoms with Gasteiger partial charge in [0.2, 0.25) is 5.95 Å². The molecule has 0 aliphatic rings. The number of hydrogen-bond donors (Lipinski definition) is 2. The molecule has 0 saturated heterocycles. The summed E-state index contributed by atoms with van der Waals surface area (Å²) in [5.41, 5.74) is 5.50. The first-order valence-electron chi connectivity index (χ1n) is 4.43. The van der Waals surface area contributed by atoms with E-state index in [0.717, 1.165) is 0 Å². The van der Waals surface area contributed by atoms with Gasteiger partial charge in [-0.05, 0) is 18.2 Å². The Hall–Kier alpha value is -2.57. The molecule has 0 aromatic carbocycles. The summed E-state index contributed by atoms with van der Waals surface area (Å²) in [6.45, 7) is 0. The fourth-order valence-electron chi connectivity index (χ4n) is 0.993. The number of anilines is 2. The van der Waals surface area contributed by atoms with Crippen molar-refractivity contribution in [2.45, 2.75) is 0 Å². The molecule has 0 unspecified atom stereocenters. The Bertz CT molecular complexity index is 483. The van der Waals surface area contributed by atoms with Crippen molar-refractivity contribution in [3.8, 4) is 0 Å². The smallest absolute Gasteiger partial charge is 0.278 e. The Morgan fingerprint density at radius 2 is 1.94 bits per heavy atom. The molecule has 2 heterocycles. The Kier molecular flexibility index (Phi) is 2.68. The lowest BCUT2D eigenvalue weighted by molar-refractivity contribution is 0.102. The van der Waals surface area contributed by atoms with Gasteiger partial charge < -0.3 is 5.73 Å². The Balaban J connectivity index is 2.12. The van der Waals surface area contributed by atoms with Crippen molar-refractivity contribution in [3.05, 3.63) is 36.3 Å². The van der Waals surface area contributed by atoms with Crippen LogP contribution in [0.2, 0.25) is 0 Å². The number of nitrogen functional groups attached to an aromatic ring is 1. The summed E-state index contributed by atoms with van der Waals surface area (Å²) in [6, 6.07) is 4.62. The first-order valence-corrected chi connectivity index (χ1v) is 4.43. The van der Waals surface area contributed by atoms with Crippen molar-refractivity contribution < 1.29 is 4.79 Å². The van der Waals surface area contributed by atoms with Crippen LogP contribution in [0.4, 0.5) is 11.8 Å². The molecule has 7 heteroatoms. The molecule has 1 amide bonds. The molecule has 2 rings (SSSR count). The number of nitrogens with one attached hydrogen (secondary N) is 1. The van der Waals surface area contributed by atoms with E-state index in [-0.39, 0.29) is 17.5 Å². The van der Waals surface area contributed by atoms with E-state index in [2.05, 4.69) is 25.5 Å². The normalized spacial score (nSPS) is 9.75. The van der Waals surface area contributed by atoms with Crippen LogP contribution in [0.25, 0.3) is 0 Å². The van der Waals surface area contributed by atoms with Crippen molar-refractivity contribution in [1.82, 2.24) is 20.2 Å². The lowest BCUT2D eigenvalue weighted by Crippen LogP contribution is -2.16. The van der Waals surface area contributed by atoms with Crippen LogP contribution in [-0.2, 0) is 0 Å². The summed E-state index contributed by atoms with van der Waals surface area (Å²) in [4.78, 5) is 19.3. The van der Waals surface area contributed by atoms with Gasteiger partial charge >= 0.3 is 0 Å². The number of carbonyl (C=O) groups excluding carboxylic acids is 1. The number of amides is 1.